The Hall–Kier alpha value is -1.47. The molecule has 1 amide bonds. The summed E-state index contributed by atoms with van der Waals surface area (Å²) in [5, 5.41) is 18.0. The summed E-state index contributed by atoms with van der Waals surface area (Å²) in [5.41, 5.74) is -1.33. The first kappa shape index (κ1) is 20.3. The van der Waals surface area contributed by atoms with E-state index in [-0.39, 0.29) is 18.4 Å². The number of carbonyl (C=O) groups is 1. The second-order valence-electron chi connectivity index (χ2n) is 8.52. The van der Waals surface area contributed by atoms with Gasteiger partial charge in [0.05, 0.1) is 6.54 Å². The molecule has 2 heterocycles. The van der Waals surface area contributed by atoms with E-state index in [0.29, 0.717) is 24.7 Å². The topological polar surface area (TPSA) is 91.5 Å². The molecule has 1 saturated carbocycles. The number of amides is 1. The molecule has 7 nitrogen and oxygen atoms in total. The smallest absolute Gasteiger partial charge is 0.255 e. The number of carbonyl (C=O) groups excluding carboxylic acids is 1. The summed E-state index contributed by atoms with van der Waals surface area (Å²) in [5.74, 6) is 1.98. The van der Waals surface area contributed by atoms with Crippen LogP contribution in [0.2, 0.25) is 0 Å². The molecule has 1 aromatic heterocycles. The number of hydrogen-bond donors (Lipinski definition) is 2. The molecule has 7 heteroatoms. The van der Waals surface area contributed by atoms with E-state index in [4.69, 9.17) is 4.52 Å². The van der Waals surface area contributed by atoms with Gasteiger partial charge in [-0.3, -0.25) is 4.79 Å². The Bertz CT molecular complexity index is 612. The standard InChI is InChI=1S/C20H34N4O3/c1-15(2)18-22-17(27-23-18)13-21-14-20(26)10-6-11-24(19(20)25)12-9-16-7-4-3-5-8-16/h15-16,21,26H,3-14H2,1-2H3. The third-order valence-electron chi connectivity index (χ3n) is 5.93. The number of hydrogen-bond acceptors (Lipinski definition) is 6. The Labute approximate surface area is 161 Å². The van der Waals surface area contributed by atoms with Crippen molar-refractivity contribution in [3.63, 3.8) is 0 Å². The molecule has 0 radical (unpaired) electrons. The minimum absolute atomic E-state index is 0.134. The zero-order valence-electron chi connectivity index (χ0n) is 16.7. The quantitative estimate of drug-likeness (QED) is 0.722. The van der Waals surface area contributed by atoms with Crippen LogP contribution < -0.4 is 5.32 Å². The van der Waals surface area contributed by atoms with Gasteiger partial charge in [-0.2, -0.15) is 4.98 Å². The molecule has 2 aliphatic rings. The van der Waals surface area contributed by atoms with E-state index < -0.39 is 5.60 Å². The van der Waals surface area contributed by atoms with Gasteiger partial charge < -0.3 is 19.8 Å². The summed E-state index contributed by atoms with van der Waals surface area (Å²) in [4.78, 5) is 19.0. The SMILES string of the molecule is CC(C)c1noc(CNCC2(O)CCCN(CCC3CCCCC3)C2=O)n1. The molecule has 2 fully saturated rings. The second kappa shape index (κ2) is 9.15. The van der Waals surface area contributed by atoms with E-state index in [1.165, 1.54) is 32.1 Å². The van der Waals surface area contributed by atoms with E-state index >= 15 is 0 Å². The van der Waals surface area contributed by atoms with Crippen LogP contribution in [-0.2, 0) is 11.3 Å². The van der Waals surface area contributed by atoms with Gasteiger partial charge in [-0.15, -0.1) is 0 Å². The highest BCUT2D eigenvalue weighted by atomic mass is 16.5. The van der Waals surface area contributed by atoms with Crippen molar-refractivity contribution in [3.05, 3.63) is 11.7 Å². The molecule has 1 aliphatic carbocycles. The van der Waals surface area contributed by atoms with E-state index in [1.54, 1.807) is 0 Å². The van der Waals surface area contributed by atoms with Crippen LogP contribution in [0, 0.1) is 5.92 Å². The summed E-state index contributed by atoms with van der Waals surface area (Å²) in [6.07, 6.45) is 8.97. The van der Waals surface area contributed by atoms with Gasteiger partial charge in [0.15, 0.2) is 11.4 Å². The number of aromatic nitrogens is 2. The zero-order chi connectivity index (χ0) is 19.3. The lowest BCUT2D eigenvalue weighted by atomic mass is 9.86. The maximum Gasteiger partial charge on any atom is 0.255 e. The van der Waals surface area contributed by atoms with Gasteiger partial charge >= 0.3 is 0 Å². The minimum atomic E-state index is -1.33. The normalized spacial score (nSPS) is 24.7. The Kier molecular flexibility index (Phi) is 6.87. The fourth-order valence-corrected chi connectivity index (χ4v) is 4.21. The number of nitrogens with one attached hydrogen (secondary N) is 1. The van der Waals surface area contributed by atoms with E-state index in [9.17, 15) is 9.90 Å². The molecule has 1 unspecified atom stereocenters. The van der Waals surface area contributed by atoms with E-state index in [2.05, 4.69) is 15.5 Å². The monoisotopic (exact) mass is 378 g/mol. The Balaban J connectivity index is 1.47. The average molecular weight is 379 g/mol. The fourth-order valence-electron chi connectivity index (χ4n) is 4.21. The van der Waals surface area contributed by atoms with Gasteiger partial charge in [-0.05, 0) is 25.2 Å². The lowest BCUT2D eigenvalue weighted by Gasteiger charge is -2.39. The fraction of sp³-hybridized carbons (Fsp3) is 0.850. The maximum atomic E-state index is 12.8. The molecule has 27 heavy (non-hydrogen) atoms. The zero-order valence-corrected chi connectivity index (χ0v) is 16.7. The molecule has 0 spiro atoms. The van der Waals surface area contributed by atoms with Crippen LogP contribution in [0.4, 0.5) is 0 Å². The van der Waals surface area contributed by atoms with Crippen molar-refractivity contribution in [2.75, 3.05) is 19.6 Å². The van der Waals surface area contributed by atoms with Crippen molar-refractivity contribution < 1.29 is 14.4 Å². The maximum absolute atomic E-state index is 12.8. The Morgan fingerprint density at radius 3 is 2.78 bits per heavy atom. The van der Waals surface area contributed by atoms with Crippen molar-refractivity contribution in [3.8, 4) is 0 Å². The van der Waals surface area contributed by atoms with Crippen molar-refractivity contribution in [1.82, 2.24) is 20.4 Å². The van der Waals surface area contributed by atoms with Crippen LogP contribution in [0.3, 0.4) is 0 Å². The first-order valence-electron chi connectivity index (χ1n) is 10.5. The van der Waals surface area contributed by atoms with Crippen molar-refractivity contribution in [2.24, 2.45) is 5.92 Å². The van der Waals surface area contributed by atoms with Crippen LogP contribution >= 0.6 is 0 Å². The van der Waals surface area contributed by atoms with E-state index in [0.717, 1.165) is 31.8 Å². The number of piperidine rings is 1. The molecular formula is C20H34N4O3. The van der Waals surface area contributed by atoms with Crippen LogP contribution in [0.15, 0.2) is 4.52 Å². The van der Waals surface area contributed by atoms with Gasteiger partial charge in [-0.25, -0.2) is 0 Å². The highest BCUT2D eigenvalue weighted by Crippen LogP contribution is 2.28. The van der Waals surface area contributed by atoms with Gasteiger partial charge in [0.25, 0.3) is 5.91 Å². The summed E-state index contributed by atoms with van der Waals surface area (Å²) in [7, 11) is 0. The lowest BCUT2D eigenvalue weighted by Crippen LogP contribution is -2.58. The van der Waals surface area contributed by atoms with Gasteiger partial charge in [0, 0.05) is 25.6 Å². The molecule has 1 saturated heterocycles. The summed E-state index contributed by atoms with van der Waals surface area (Å²) >= 11 is 0. The highest BCUT2D eigenvalue weighted by molar-refractivity contribution is 5.86. The van der Waals surface area contributed by atoms with Crippen molar-refractivity contribution >= 4 is 5.91 Å². The highest BCUT2D eigenvalue weighted by Gasteiger charge is 2.41. The minimum Gasteiger partial charge on any atom is -0.379 e. The summed E-state index contributed by atoms with van der Waals surface area (Å²) in [6, 6.07) is 0. The number of likely N-dealkylation sites (tertiary alicyclic amines) is 1. The van der Waals surface area contributed by atoms with Crippen LogP contribution in [0.5, 0.6) is 0 Å². The number of nitrogens with zero attached hydrogens (tertiary/aromatic N) is 3. The molecule has 3 rings (SSSR count). The number of rotatable bonds is 8. The van der Waals surface area contributed by atoms with Crippen molar-refractivity contribution in [2.45, 2.75) is 83.3 Å². The van der Waals surface area contributed by atoms with Crippen molar-refractivity contribution in [1.29, 1.82) is 0 Å². The summed E-state index contributed by atoms with van der Waals surface area (Å²) in [6.45, 7) is 6.12. The molecule has 1 aliphatic heterocycles. The molecule has 0 aromatic carbocycles. The molecular weight excluding hydrogens is 344 g/mol. The molecule has 1 atom stereocenters. The first-order valence-corrected chi connectivity index (χ1v) is 10.5. The molecule has 0 bridgehead atoms. The molecule has 2 N–H and O–H groups in total. The lowest BCUT2D eigenvalue weighted by molar-refractivity contribution is -0.156. The third-order valence-corrected chi connectivity index (χ3v) is 5.93. The predicted molar refractivity (Wildman–Crippen MR) is 102 cm³/mol. The Morgan fingerprint density at radius 1 is 1.30 bits per heavy atom. The number of aliphatic hydroxyl groups is 1. The summed E-state index contributed by atoms with van der Waals surface area (Å²) < 4.78 is 5.20. The molecule has 1 aromatic rings. The van der Waals surface area contributed by atoms with E-state index in [1.807, 2.05) is 18.7 Å². The largest absolute Gasteiger partial charge is 0.379 e. The Morgan fingerprint density at radius 2 is 2.07 bits per heavy atom. The van der Waals surface area contributed by atoms with Crippen LogP contribution in [-0.4, -0.2) is 51.3 Å². The van der Waals surface area contributed by atoms with Crippen LogP contribution in [0.1, 0.15) is 82.8 Å². The second-order valence-corrected chi connectivity index (χ2v) is 8.52. The predicted octanol–water partition coefficient (Wildman–Crippen LogP) is 2.61. The van der Waals surface area contributed by atoms with Gasteiger partial charge in [0.1, 0.15) is 0 Å². The average Bonchev–Trinajstić information content (AvgIpc) is 3.13. The molecule has 152 valence electrons. The van der Waals surface area contributed by atoms with Gasteiger partial charge in [0.2, 0.25) is 5.89 Å². The van der Waals surface area contributed by atoms with Gasteiger partial charge in [-0.1, -0.05) is 51.1 Å². The first-order chi connectivity index (χ1) is 13.0. The van der Waals surface area contributed by atoms with Crippen LogP contribution in [0.25, 0.3) is 0 Å². The third kappa shape index (κ3) is 5.29.